The van der Waals surface area contributed by atoms with E-state index in [0.717, 1.165) is 31.6 Å². The van der Waals surface area contributed by atoms with E-state index in [1.165, 1.54) is 12.1 Å². The molecule has 1 aromatic carbocycles. The number of anilines is 1. The second-order valence-electron chi connectivity index (χ2n) is 5.14. The summed E-state index contributed by atoms with van der Waals surface area (Å²) in [7, 11) is 0. The van der Waals surface area contributed by atoms with E-state index in [1.807, 2.05) is 6.07 Å². The van der Waals surface area contributed by atoms with Crippen LogP contribution in [0, 0.1) is 23.1 Å². The molecule has 20 heavy (non-hydrogen) atoms. The van der Waals surface area contributed by atoms with Crippen LogP contribution in [0.4, 0.5) is 10.1 Å². The van der Waals surface area contributed by atoms with Crippen LogP contribution in [0.5, 0.6) is 0 Å². The van der Waals surface area contributed by atoms with E-state index in [2.05, 4.69) is 4.90 Å². The maximum Gasteiger partial charge on any atom is 0.303 e. The predicted molar refractivity (Wildman–Crippen MR) is 72.9 cm³/mol. The highest BCUT2D eigenvalue weighted by Crippen LogP contribution is 2.28. The number of aliphatic carboxylic acids is 1. The first-order valence-corrected chi connectivity index (χ1v) is 6.76. The van der Waals surface area contributed by atoms with Crippen molar-refractivity contribution in [2.24, 2.45) is 5.92 Å². The Morgan fingerprint density at radius 2 is 2.15 bits per heavy atom. The van der Waals surface area contributed by atoms with Gasteiger partial charge in [0.05, 0.1) is 11.3 Å². The van der Waals surface area contributed by atoms with E-state index in [1.54, 1.807) is 6.07 Å². The number of carboxylic acids is 1. The molecular formula is C15H17FN2O2. The Balaban J connectivity index is 1.97. The highest BCUT2D eigenvalue weighted by atomic mass is 19.1. The Labute approximate surface area is 117 Å². The van der Waals surface area contributed by atoms with Gasteiger partial charge < -0.3 is 10.0 Å². The van der Waals surface area contributed by atoms with Crippen molar-refractivity contribution < 1.29 is 14.3 Å². The first-order chi connectivity index (χ1) is 9.60. The molecule has 2 rings (SSSR count). The van der Waals surface area contributed by atoms with Gasteiger partial charge >= 0.3 is 5.97 Å². The Kier molecular flexibility index (Phi) is 4.57. The first-order valence-electron chi connectivity index (χ1n) is 6.76. The van der Waals surface area contributed by atoms with Gasteiger partial charge in [-0.3, -0.25) is 4.79 Å². The van der Waals surface area contributed by atoms with Gasteiger partial charge in [0.25, 0.3) is 0 Å². The molecule has 0 atom stereocenters. The van der Waals surface area contributed by atoms with Crippen LogP contribution in [0.3, 0.4) is 0 Å². The molecule has 0 unspecified atom stereocenters. The molecule has 0 radical (unpaired) electrons. The number of piperidine rings is 1. The molecule has 5 heteroatoms. The fourth-order valence-electron chi connectivity index (χ4n) is 2.66. The van der Waals surface area contributed by atoms with Crippen molar-refractivity contribution in [1.82, 2.24) is 0 Å². The number of rotatable bonds is 4. The molecule has 1 aliphatic heterocycles. The van der Waals surface area contributed by atoms with Crippen molar-refractivity contribution >= 4 is 11.7 Å². The normalized spacial score (nSPS) is 15.9. The van der Waals surface area contributed by atoms with E-state index in [9.17, 15) is 9.18 Å². The number of nitriles is 1. The molecule has 1 fully saturated rings. The molecule has 0 spiro atoms. The summed E-state index contributed by atoms with van der Waals surface area (Å²) in [5, 5.41) is 17.7. The number of carbonyl (C=O) groups is 1. The van der Waals surface area contributed by atoms with Gasteiger partial charge in [0.15, 0.2) is 0 Å². The molecule has 0 saturated carbocycles. The third-order valence-electron chi connectivity index (χ3n) is 3.80. The molecule has 0 bridgehead atoms. The summed E-state index contributed by atoms with van der Waals surface area (Å²) in [6, 6.07) is 6.29. The summed E-state index contributed by atoms with van der Waals surface area (Å²) < 4.78 is 13.1. The highest BCUT2D eigenvalue weighted by Gasteiger charge is 2.21. The van der Waals surface area contributed by atoms with Gasteiger partial charge in [-0.2, -0.15) is 5.26 Å². The zero-order chi connectivity index (χ0) is 14.5. The van der Waals surface area contributed by atoms with Crippen LogP contribution in [0.2, 0.25) is 0 Å². The van der Waals surface area contributed by atoms with Gasteiger partial charge in [-0.05, 0) is 43.4 Å². The standard InChI is InChI=1S/C15H17FN2O2/c16-13-2-3-14(12(9-13)10-17)18-7-5-11(6-8-18)1-4-15(19)20/h2-3,9,11H,1,4-8H2,(H,19,20). The van der Waals surface area contributed by atoms with Gasteiger partial charge in [-0.25, -0.2) is 4.39 Å². The van der Waals surface area contributed by atoms with Crippen molar-refractivity contribution in [3.8, 4) is 6.07 Å². The van der Waals surface area contributed by atoms with Gasteiger partial charge in [0.2, 0.25) is 0 Å². The zero-order valence-corrected chi connectivity index (χ0v) is 11.2. The highest BCUT2D eigenvalue weighted by molar-refractivity contribution is 5.66. The number of hydrogen-bond donors (Lipinski definition) is 1. The lowest BCUT2D eigenvalue weighted by atomic mass is 9.91. The Hall–Kier alpha value is -2.09. The molecule has 1 N–H and O–H groups in total. The lowest BCUT2D eigenvalue weighted by Crippen LogP contribution is -2.34. The number of benzene rings is 1. The van der Waals surface area contributed by atoms with Crippen molar-refractivity contribution in [2.75, 3.05) is 18.0 Å². The van der Waals surface area contributed by atoms with Gasteiger partial charge in [-0.1, -0.05) is 0 Å². The van der Waals surface area contributed by atoms with Crippen molar-refractivity contribution in [2.45, 2.75) is 25.7 Å². The summed E-state index contributed by atoms with van der Waals surface area (Å²) >= 11 is 0. The number of halogens is 1. The summed E-state index contributed by atoms with van der Waals surface area (Å²) in [5.74, 6) is -0.729. The van der Waals surface area contributed by atoms with Crippen LogP contribution >= 0.6 is 0 Å². The van der Waals surface area contributed by atoms with Crippen molar-refractivity contribution in [3.63, 3.8) is 0 Å². The van der Waals surface area contributed by atoms with Crippen LogP contribution < -0.4 is 4.90 Å². The van der Waals surface area contributed by atoms with Crippen LogP contribution in [0.25, 0.3) is 0 Å². The molecule has 1 saturated heterocycles. The van der Waals surface area contributed by atoms with E-state index >= 15 is 0 Å². The number of carboxylic acid groups (broad SMARTS) is 1. The summed E-state index contributed by atoms with van der Waals surface area (Å²) in [6.07, 6.45) is 2.74. The molecule has 0 aliphatic carbocycles. The maximum atomic E-state index is 13.1. The molecule has 106 valence electrons. The second kappa shape index (κ2) is 6.38. The molecule has 1 heterocycles. The summed E-state index contributed by atoms with van der Waals surface area (Å²) in [4.78, 5) is 12.6. The van der Waals surface area contributed by atoms with Crippen LogP contribution in [0.15, 0.2) is 18.2 Å². The minimum atomic E-state index is -0.752. The quantitative estimate of drug-likeness (QED) is 0.918. The van der Waals surface area contributed by atoms with Crippen molar-refractivity contribution in [3.05, 3.63) is 29.6 Å². The van der Waals surface area contributed by atoms with Crippen LogP contribution in [-0.4, -0.2) is 24.2 Å². The lowest BCUT2D eigenvalue weighted by Gasteiger charge is -2.34. The predicted octanol–water partition coefficient (Wildman–Crippen LogP) is 2.78. The Bertz CT molecular complexity index is 531. The maximum absolute atomic E-state index is 13.1. The smallest absolute Gasteiger partial charge is 0.303 e. The number of hydrogen-bond acceptors (Lipinski definition) is 3. The Morgan fingerprint density at radius 3 is 2.75 bits per heavy atom. The zero-order valence-electron chi connectivity index (χ0n) is 11.2. The van der Waals surface area contributed by atoms with Gasteiger partial charge in [0, 0.05) is 19.5 Å². The minimum Gasteiger partial charge on any atom is -0.481 e. The number of nitrogens with zero attached hydrogens (tertiary/aromatic N) is 2. The first kappa shape index (κ1) is 14.3. The van der Waals surface area contributed by atoms with E-state index < -0.39 is 11.8 Å². The molecule has 0 amide bonds. The molecule has 4 nitrogen and oxygen atoms in total. The van der Waals surface area contributed by atoms with E-state index in [4.69, 9.17) is 10.4 Å². The fourth-order valence-corrected chi connectivity index (χ4v) is 2.66. The van der Waals surface area contributed by atoms with Crippen LogP contribution in [-0.2, 0) is 4.79 Å². The third-order valence-corrected chi connectivity index (χ3v) is 3.80. The van der Waals surface area contributed by atoms with E-state index in [-0.39, 0.29) is 6.42 Å². The van der Waals surface area contributed by atoms with Gasteiger partial charge in [0.1, 0.15) is 11.9 Å². The monoisotopic (exact) mass is 276 g/mol. The molecule has 1 aromatic rings. The molecule has 1 aliphatic rings. The molecule has 0 aromatic heterocycles. The summed E-state index contributed by atoms with van der Waals surface area (Å²) in [6.45, 7) is 1.56. The largest absolute Gasteiger partial charge is 0.481 e. The molecular weight excluding hydrogens is 259 g/mol. The Morgan fingerprint density at radius 1 is 1.45 bits per heavy atom. The third kappa shape index (κ3) is 3.47. The topological polar surface area (TPSA) is 64.3 Å². The lowest BCUT2D eigenvalue weighted by molar-refractivity contribution is -0.137. The average Bonchev–Trinajstić information content (AvgIpc) is 2.45. The summed E-state index contributed by atoms with van der Waals surface area (Å²) in [5.41, 5.74) is 1.12. The van der Waals surface area contributed by atoms with Crippen molar-refractivity contribution in [1.29, 1.82) is 5.26 Å². The van der Waals surface area contributed by atoms with E-state index in [0.29, 0.717) is 17.9 Å². The van der Waals surface area contributed by atoms with Gasteiger partial charge in [-0.15, -0.1) is 0 Å². The minimum absolute atomic E-state index is 0.213. The average molecular weight is 276 g/mol. The second-order valence-corrected chi connectivity index (χ2v) is 5.14. The van der Waals surface area contributed by atoms with Crippen LogP contribution in [0.1, 0.15) is 31.2 Å². The SMILES string of the molecule is N#Cc1cc(F)ccc1N1CCC(CCC(=O)O)CC1. The fraction of sp³-hybridized carbons (Fsp3) is 0.467.